The van der Waals surface area contributed by atoms with E-state index in [0.29, 0.717) is 0 Å². The molecule has 1 unspecified atom stereocenters. The molecule has 0 aliphatic heterocycles. The van der Waals surface area contributed by atoms with Gasteiger partial charge in [0.1, 0.15) is 0 Å². The molecule has 0 aliphatic rings. The van der Waals surface area contributed by atoms with Crippen LogP contribution in [0.15, 0.2) is 0 Å². The highest BCUT2D eigenvalue weighted by Gasteiger charge is 1.99. The van der Waals surface area contributed by atoms with E-state index in [2.05, 4.69) is 13.8 Å². The molecule has 0 aromatic carbocycles. The van der Waals surface area contributed by atoms with Crippen molar-refractivity contribution in [2.45, 2.75) is 110 Å². The van der Waals surface area contributed by atoms with Gasteiger partial charge in [-0.05, 0) is 12.8 Å². The molecule has 0 bridgehead atoms. The van der Waals surface area contributed by atoms with Crippen molar-refractivity contribution in [2.75, 3.05) is 0 Å². The Kier molecular flexibility index (Phi) is 15.0. The molecule has 1 heteroatoms. The predicted octanol–water partition coefficient (Wildman–Crippen LogP) is 6.14. The standard InChI is InChI=1S/C17H36N/c1-3-5-6-7-8-9-10-11-12-13-14-15-16-17(18)4-2/h17-18H,3-16H2,1-2H3. The molecule has 0 aromatic rings. The molecule has 1 atom stereocenters. The Morgan fingerprint density at radius 3 is 1.39 bits per heavy atom. The Morgan fingerprint density at radius 1 is 0.611 bits per heavy atom. The van der Waals surface area contributed by atoms with Gasteiger partial charge in [0.2, 0.25) is 0 Å². The molecule has 0 spiro atoms. The van der Waals surface area contributed by atoms with Crippen LogP contribution in [0.3, 0.4) is 0 Å². The van der Waals surface area contributed by atoms with Gasteiger partial charge in [0.15, 0.2) is 0 Å². The van der Waals surface area contributed by atoms with Crippen molar-refractivity contribution in [3.05, 3.63) is 0 Å². The van der Waals surface area contributed by atoms with Gasteiger partial charge in [-0.2, -0.15) is 0 Å². The predicted molar refractivity (Wildman–Crippen MR) is 82.9 cm³/mol. The number of hydrogen-bond donors (Lipinski definition) is 0. The van der Waals surface area contributed by atoms with Crippen molar-refractivity contribution in [3.8, 4) is 0 Å². The molecule has 0 amide bonds. The quantitative estimate of drug-likeness (QED) is 0.332. The van der Waals surface area contributed by atoms with E-state index >= 15 is 0 Å². The molecule has 0 heterocycles. The highest BCUT2D eigenvalue weighted by molar-refractivity contribution is 4.57. The summed E-state index contributed by atoms with van der Waals surface area (Å²) < 4.78 is 0. The lowest BCUT2D eigenvalue weighted by Gasteiger charge is -2.06. The van der Waals surface area contributed by atoms with E-state index in [1.165, 1.54) is 77.0 Å². The number of unbranched alkanes of at least 4 members (excludes halogenated alkanes) is 11. The van der Waals surface area contributed by atoms with E-state index in [1.54, 1.807) is 0 Å². The molecule has 18 heavy (non-hydrogen) atoms. The summed E-state index contributed by atoms with van der Waals surface area (Å²) in [6.45, 7) is 4.40. The first-order valence-corrected chi connectivity index (χ1v) is 8.52. The summed E-state index contributed by atoms with van der Waals surface area (Å²) in [7, 11) is 0. The third-order valence-electron chi connectivity index (χ3n) is 3.90. The highest BCUT2D eigenvalue weighted by atomic mass is 14.6. The lowest BCUT2D eigenvalue weighted by molar-refractivity contribution is 0.506. The summed E-state index contributed by atoms with van der Waals surface area (Å²) >= 11 is 0. The van der Waals surface area contributed by atoms with Crippen LogP contribution >= 0.6 is 0 Å². The second kappa shape index (κ2) is 15.0. The molecule has 0 rings (SSSR count). The zero-order chi connectivity index (χ0) is 13.5. The molecule has 1 N–H and O–H groups in total. The molecule has 1 radical (unpaired) electrons. The minimum Gasteiger partial charge on any atom is -0.255 e. The fraction of sp³-hybridized carbons (Fsp3) is 1.00. The van der Waals surface area contributed by atoms with E-state index in [4.69, 9.17) is 5.73 Å². The number of rotatable bonds is 14. The Labute approximate surface area is 116 Å². The summed E-state index contributed by atoms with van der Waals surface area (Å²) in [5.41, 5.74) is 7.66. The summed E-state index contributed by atoms with van der Waals surface area (Å²) in [6, 6.07) is 0.202. The van der Waals surface area contributed by atoms with Crippen molar-refractivity contribution < 1.29 is 0 Å². The van der Waals surface area contributed by atoms with Gasteiger partial charge >= 0.3 is 0 Å². The molecule has 0 aliphatic carbocycles. The van der Waals surface area contributed by atoms with E-state index in [0.717, 1.165) is 12.8 Å². The molecule has 0 aromatic heterocycles. The molecule has 0 saturated carbocycles. The van der Waals surface area contributed by atoms with Crippen molar-refractivity contribution in [2.24, 2.45) is 0 Å². The van der Waals surface area contributed by atoms with Crippen LogP contribution in [0.2, 0.25) is 0 Å². The van der Waals surface area contributed by atoms with Crippen LogP contribution in [0.1, 0.15) is 104 Å². The fourth-order valence-corrected chi connectivity index (χ4v) is 2.44. The Balaban J connectivity index is 2.94. The van der Waals surface area contributed by atoms with Crippen molar-refractivity contribution in [3.63, 3.8) is 0 Å². The van der Waals surface area contributed by atoms with Gasteiger partial charge in [-0.15, -0.1) is 0 Å². The average molecular weight is 254 g/mol. The minimum atomic E-state index is 0.202. The first-order chi connectivity index (χ1) is 8.81. The minimum absolute atomic E-state index is 0.202. The summed E-state index contributed by atoms with van der Waals surface area (Å²) in [6.07, 6.45) is 19.1. The summed E-state index contributed by atoms with van der Waals surface area (Å²) in [5, 5.41) is 0. The van der Waals surface area contributed by atoms with Crippen LogP contribution in [0, 0.1) is 0 Å². The second-order valence-electron chi connectivity index (χ2n) is 5.78. The van der Waals surface area contributed by atoms with Gasteiger partial charge in [0.05, 0.1) is 0 Å². The first kappa shape index (κ1) is 18.0. The first-order valence-electron chi connectivity index (χ1n) is 8.52. The highest BCUT2D eigenvalue weighted by Crippen LogP contribution is 2.13. The molecule has 0 fully saturated rings. The van der Waals surface area contributed by atoms with Crippen molar-refractivity contribution in [1.29, 1.82) is 0 Å². The molecular formula is C17H36N. The Hall–Kier alpha value is -0.0400. The maximum Gasteiger partial charge on any atom is 0.0210 e. The average Bonchev–Trinajstić information content (AvgIpc) is 2.39. The summed E-state index contributed by atoms with van der Waals surface area (Å²) in [5.74, 6) is 0. The van der Waals surface area contributed by atoms with Crippen molar-refractivity contribution >= 4 is 0 Å². The SMILES string of the molecule is CCCCCCCCCCCCCCC([NH])CC. The van der Waals surface area contributed by atoms with Crippen LogP contribution in [-0.4, -0.2) is 6.04 Å². The third-order valence-corrected chi connectivity index (χ3v) is 3.90. The van der Waals surface area contributed by atoms with Crippen LogP contribution < -0.4 is 5.73 Å². The van der Waals surface area contributed by atoms with E-state index in [1.807, 2.05) is 0 Å². The van der Waals surface area contributed by atoms with Gasteiger partial charge in [-0.3, -0.25) is 5.73 Å². The summed E-state index contributed by atoms with van der Waals surface area (Å²) in [4.78, 5) is 0. The van der Waals surface area contributed by atoms with Gasteiger partial charge in [-0.1, -0.05) is 90.9 Å². The normalized spacial score (nSPS) is 12.8. The maximum absolute atomic E-state index is 7.66. The third kappa shape index (κ3) is 14.0. The van der Waals surface area contributed by atoms with Crippen LogP contribution in [-0.2, 0) is 0 Å². The topological polar surface area (TPSA) is 23.8 Å². The molecular weight excluding hydrogens is 218 g/mol. The van der Waals surface area contributed by atoms with E-state index in [9.17, 15) is 0 Å². The Morgan fingerprint density at radius 2 is 1.00 bits per heavy atom. The molecule has 1 nitrogen and oxygen atoms in total. The van der Waals surface area contributed by atoms with Gasteiger partial charge in [-0.25, -0.2) is 0 Å². The van der Waals surface area contributed by atoms with E-state index in [-0.39, 0.29) is 6.04 Å². The second-order valence-corrected chi connectivity index (χ2v) is 5.78. The maximum atomic E-state index is 7.66. The largest absolute Gasteiger partial charge is 0.255 e. The lowest BCUT2D eigenvalue weighted by atomic mass is 10.0. The molecule has 0 saturated heterocycles. The zero-order valence-corrected chi connectivity index (χ0v) is 13.0. The van der Waals surface area contributed by atoms with Crippen LogP contribution in [0.4, 0.5) is 0 Å². The van der Waals surface area contributed by atoms with Crippen LogP contribution in [0.25, 0.3) is 0 Å². The van der Waals surface area contributed by atoms with Crippen LogP contribution in [0.5, 0.6) is 0 Å². The zero-order valence-electron chi connectivity index (χ0n) is 13.0. The number of hydrogen-bond acceptors (Lipinski definition) is 0. The lowest BCUT2D eigenvalue weighted by Crippen LogP contribution is -2.05. The van der Waals surface area contributed by atoms with Gasteiger partial charge in [0, 0.05) is 6.04 Å². The van der Waals surface area contributed by atoms with Gasteiger partial charge in [0.25, 0.3) is 0 Å². The Bertz CT molecular complexity index is 145. The monoisotopic (exact) mass is 254 g/mol. The van der Waals surface area contributed by atoms with Crippen molar-refractivity contribution in [1.82, 2.24) is 5.73 Å². The number of nitrogens with one attached hydrogen (secondary N) is 1. The smallest absolute Gasteiger partial charge is 0.0210 e. The fourth-order valence-electron chi connectivity index (χ4n) is 2.44. The van der Waals surface area contributed by atoms with E-state index < -0.39 is 0 Å². The molecule has 109 valence electrons. The van der Waals surface area contributed by atoms with Gasteiger partial charge < -0.3 is 0 Å².